The average Bonchev–Trinajstić information content (AvgIpc) is 2.28. The van der Waals surface area contributed by atoms with Crippen LogP contribution in [0.2, 0.25) is 0 Å². The molecule has 0 saturated heterocycles. The van der Waals surface area contributed by atoms with Crippen LogP contribution < -0.4 is 0 Å². The largest absolute Gasteiger partial charge is 0.100 e. The predicted octanol–water partition coefficient (Wildman–Crippen LogP) is 5.69. The van der Waals surface area contributed by atoms with Gasteiger partial charge in [0.15, 0.2) is 0 Å². The van der Waals surface area contributed by atoms with Crippen LogP contribution in [-0.4, -0.2) is 0 Å². The van der Waals surface area contributed by atoms with E-state index >= 15 is 0 Å². The van der Waals surface area contributed by atoms with E-state index in [0.717, 1.165) is 29.6 Å². The van der Waals surface area contributed by atoms with E-state index in [1.54, 1.807) is 0 Å². The van der Waals surface area contributed by atoms with Crippen molar-refractivity contribution in [2.24, 2.45) is 29.6 Å². The van der Waals surface area contributed by atoms with Crippen LogP contribution in [0, 0.1) is 29.6 Å². The monoisotopic (exact) mass is 236 g/mol. The smallest absolute Gasteiger partial charge is 0.0292 e. The molecule has 0 aromatic heterocycles. The predicted molar refractivity (Wildman–Crippen MR) is 78.0 cm³/mol. The SMILES string of the molecule is C=C(C)C[C@@H]1[C@@H](CCC)C[C@H](CC)[C@@H](C)[C@@H]1C. The van der Waals surface area contributed by atoms with Gasteiger partial charge in [0.05, 0.1) is 0 Å². The maximum absolute atomic E-state index is 4.14. The highest BCUT2D eigenvalue weighted by atomic mass is 14.4. The van der Waals surface area contributed by atoms with Gasteiger partial charge in [-0.25, -0.2) is 0 Å². The fraction of sp³-hybridized carbons (Fsp3) is 0.882. The van der Waals surface area contributed by atoms with Crippen molar-refractivity contribution in [1.29, 1.82) is 0 Å². The van der Waals surface area contributed by atoms with Crippen LogP contribution in [0.25, 0.3) is 0 Å². The van der Waals surface area contributed by atoms with Crippen molar-refractivity contribution in [2.45, 2.75) is 66.7 Å². The Kier molecular flexibility index (Phi) is 5.76. The van der Waals surface area contributed by atoms with Gasteiger partial charge in [0.25, 0.3) is 0 Å². The lowest BCUT2D eigenvalue weighted by atomic mass is 9.60. The molecule has 0 unspecified atom stereocenters. The number of hydrogen-bond donors (Lipinski definition) is 0. The zero-order valence-corrected chi connectivity index (χ0v) is 12.6. The fourth-order valence-electron chi connectivity index (χ4n) is 4.02. The Morgan fingerprint density at radius 1 is 1.12 bits per heavy atom. The van der Waals surface area contributed by atoms with Crippen molar-refractivity contribution in [3.05, 3.63) is 12.2 Å². The van der Waals surface area contributed by atoms with E-state index in [1.807, 2.05) is 0 Å². The summed E-state index contributed by atoms with van der Waals surface area (Å²) in [5.74, 6) is 4.58. The second-order valence-corrected chi connectivity index (χ2v) is 6.50. The Labute approximate surface area is 109 Å². The van der Waals surface area contributed by atoms with E-state index in [4.69, 9.17) is 0 Å². The highest BCUT2D eigenvalue weighted by Crippen LogP contribution is 2.47. The van der Waals surface area contributed by atoms with Crippen molar-refractivity contribution in [3.8, 4) is 0 Å². The lowest BCUT2D eigenvalue weighted by Gasteiger charge is -2.45. The molecule has 1 rings (SSSR count). The van der Waals surface area contributed by atoms with E-state index in [9.17, 15) is 0 Å². The minimum Gasteiger partial charge on any atom is -0.100 e. The van der Waals surface area contributed by atoms with Crippen molar-refractivity contribution in [3.63, 3.8) is 0 Å². The Hall–Kier alpha value is -0.260. The fourth-order valence-corrected chi connectivity index (χ4v) is 4.02. The van der Waals surface area contributed by atoms with Gasteiger partial charge in [-0.2, -0.15) is 0 Å². The van der Waals surface area contributed by atoms with E-state index in [1.165, 1.54) is 37.7 Å². The lowest BCUT2D eigenvalue weighted by molar-refractivity contribution is 0.0492. The second kappa shape index (κ2) is 6.61. The van der Waals surface area contributed by atoms with Gasteiger partial charge in [-0.1, -0.05) is 52.5 Å². The van der Waals surface area contributed by atoms with E-state index in [2.05, 4.69) is 41.2 Å². The van der Waals surface area contributed by atoms with Crippen LogP contribution in [-0.2, 0) is 0 Å². The quantitative estimate of drug-likeness (QED) is 0.538. The molecule has 1 saturated carbocycles. The van der Waals surface area contributed by atoms with Gasteiger partial charge in [-0.3, -0.25) is 0 Å². The molecule has 0 aliphatic heterocycles. The maximum Gasteiger partial charge on any atom is -0.0292 e. The van der Waals surface area contributed by atoms with Crippen LogP contribution in [0.15, 0.2) is 12.2 Å². The molecule has 100 valence electrons. The van der Waals surface area contributed by atoms with Crippen molar-refractivity contribution in [1.82, 2.24) is 0 Å². The molecule has 17 heavy (non-hydrogen) atoms. The summed E-state index contributed by atoms with van der Waals surface area (Å²) in [6.45, 7) is 16.0. The topological polar surface area (TPSA) is 0 Å². The van der Waals surface area contributed by atoms with Crippen LogP contribution in [0.1, 0.15) is 66.7 Å². The standard InChI is InChI=1S/C17H32/c1-7-9-16-11-15(8-2)13(5)14(6)17(16)10-12(3)4/h13-17H,3,7-11H2,1-2,4-6H3/t13-,14-,15-,16-,17-/m0/s1. The zero-order valence-electron chi connectivity index (χ0n) is 12.6. The van der Waals surface area contributed by atoms with Gasteiger partial charge in [-0.15, -0.1) is 6.58 Å². The first-order chi connectivity index (χ1) is 8.01. The molecule has 0 nitrogen and oxygen atoms in total. The summed E-state index contributed by atoms with van der Waals surface area (Å²) in [5, 5.41) is 0. The lowest BCUT2D eigenvalue weighted by Crippen LogP contribution is -2.37. The van der Waals surface area contributed by atoms with Crippen molar-refractivity contribution >= 4 is 0 Å². The summed E-state index contributed by atoms with van der Waals surface area (Å²) in [6.07, 6.45) is 6.85. The molecule has 0 amide bonds. The molecule has 1 aliphatic rings. The van der Waals surface area contributed by atoms with Crippen LogP contribution in [0.3, 0.4) is 0 Å². The first-order valence-electron chi connectivity index (χ1n) is 7.65. The Bertz CT molecular complexity index is 240. The van der Waals surface area contributed by atoms with E-state index in [0.29, 0.717) is 0 Å². The Morgan fingerprint density at radius 2 is 1.76 bits per heavy atom. The van der Waals surface area contributed by atoms with E-state index in [-0.39, 0.29) is 0 Å². The summed E-state index contributed by atoms with van der Waals surface area (Å²) < 4.78 is 0. The summed E-state index contributed by atoms with van der Waals surface area (Å²) in [5.41, 5.74) is 1.38. The molecular weight excluding hydrogens is 204 g/mol. The minimum absolute atomic E-state index is 0.877. The third kappa shape index (κ3) is 3.60. The van der Waals surface area contributed by atoms with Crippen LogP contribution >= 0.6 is 0 Å². The molecular formula is C17H32. The second-order valence-electron chi connectivity index (χ2n) is 6.50. The number of hydrogen-bond acceptors (Lipinski definition) is 0. The summed E-state index contributed by atoms with van der Waals surface area (Å²) in [4.78, 5) is 0. The summed E-state index contributed by atoms with van der Waals surface area (Å²) in [7, 11) is 0. The molecule has 5 atom stereocenters. The van der Waals surface area contributed by atoms with Gasteiger partial charge < -0.3 is 0 Å². The first-order valence-corrected chi connectivity index (χ1v) is 7.65. The molecule has 1 fully saturated rings. The third-order valence-electron chi connectivity index (χ3n) is 5.23. The first kappa shape index (κ1) is 14.8. The van der Waals surface area contributed by atoms with E-state index < -0.39 is 0 Å². The molecule has 0 aromatic carbocycles. The van der Waals surface area contributed by atoms with Crippen LogP contribution in [0.4, 0.5) is 0 Å². The Morgan fingerprint density at radius 3 is 2.24 bits per heavy atom. The molecule has 0 aromatic rings. The Balaban J connectivity index is 2.78. The van der Waals surface area contributed by atoms with Crippen molar-refractivity contribution in [2.75, 3.05) is 0 Å². The van der Waals surface area contributed by atoms with Gasteiger partial charge in [0, 0.05) is 0 Å². The molecule has 0 N–H and O–H groups in total. The van der Waals surface area contributed by atoms with Gasteiger partial charge in [0.1, 0.15) is 0 Å². The normalized spacial score (nSPS) is 38.1. The zero-order chi connectivity index (χ0) is 13.0. The molecule has 0 spiro atoms. The van der Waals surface area contributed by atoms with Gasteiger partial charge >= 0.3 is 0 Å². The summed E-state index contributed by atoms with van der Waals surface area (Å²) in [6, 6.07) is 0. The molecule has 0 heteroatoms. The van der Waals surface area contributed by atoms with Gasteiger partial charge in [-0.05, 0) is 49.4 Å². The molecule has 0 bridgehead atoms. The van der Waals surface area contributed by atoms with Crippen molar-refractivity contribution < 1.29 is 0 Å². The highest BCUT2D eigenvalue weighted by molar-refractivity contribution is 4.97. The highest BCUT2D eigenvalue weighted by Gasteiger charge is 2.38. The minimum atomic E-state index is 0.877. The third-order valence-corrected chi connectivity index (χ3v) is 5.23. The molecule has 0 heterocycles. The molecule has 1 aliphatic carbocycles. The van der Waals surface area contributed by atoms with Gasteiger partial charge in [0.2, 0.25) is 0 Å². The molecule has 0 radical (unpaired) electrons. The van der Waals surface area contributed by atoms with Crippen LogP contribution in [0.5, 0.6) is 0 Å². The number of allylic oxidation sites excluding steroid dienone is 1. The summed E-state index contributed by atoms with van der Waals surface area (Å²) >= 11 is 0. The average molecular weight is 236 g/mol. The maximum atomic E-state index is 4.14. The number of rotatable bonds is 5.